The molecule has 3 aromatic rings. The normalized spacial score (nSPS) is 10.8. The Bertz CT molecular complexity index is 1160. The topological polar surface area (TPSA) is 103 Å². The second-order valence-electron chi connectivity index (χ2n) is 7.34. The zero-order valence-electron chi connectivity index (χ0n) is 18.2. The number of carbonyl (C=O) groups excluding carboxylic acids is 1. The van der Waals surface area contributed by atoms with Gasteiger partial charge in [-0.3, -0.25) is 4.79 Å². The number of ether oxygens (including phenoxy) is 2. The molecule has 7 heteroatoms. The lowest BCUT2D eigenvalue weighted by atomic mass is 9.97. The van der Waals surface area contributed by atoms with E-state index in [1.165, 1.54) is 18.2 Å². The molecule has 0 radical (unpaired) electrons. The van der Waals surface area contributed by atoms with Crippen LogP contribution in [-0.2, 0) is 0 Å². The first-order valence-electron chi connectivity index (χ1n) is 10.7. The largest absolute Gasteiger partial charge is 0.493 e. The van der Waals surface area contributed by atoms with Crippen LogP contribution in [0.25, 0.3) is 11.0 Å². The Morgan fingerprint density at radius 3 is 2.22 bits per heavy atom. The summed E-state index contributed by atoms with van der Waals surface area (Å²) in [6.07, 6.45) is 3.40. The molecule has 0 aliphatic rings. The smallest absolute Gasteiger partial charge is 0.348 e. The number of unbranched alkanes of at least 4 members (excludes halogenated alkanes) is 2. The highest BCUT2D eigenvalue weighted by Crippen LogP contribution is 2.35. The van der Waals surface area contributed by atoms with E-state index in [0.717, 1.165) is 25.7 Å². The zero-order valence-corrected chi connectivity index (χ0v) is 18.2. The van der Waals surface area contributed by atoms with Crippen LogP contribution in [0.1, 0.15) is 65.8 Å². The first kappa shape index (κ1) is 23.1. The second-order valence-corrected chi connectivity index (χ2v) is 7.34. The van der Waals surface area contributed by atoms with Crippen LogP contribution in [0, 0.1) is 0 Å². The highest BCUT2D eigenvalue weighted by molar-refractivity contribution is 6.18. The van der Waals surface area contributed by atoms with Gasteiger partial charge in [0.1, 0.15) is 22.6 Å². The summed E-state index contributed by atoms with van der Waals surface area (Å²) in [4.78, 5) is 38.1. The van der Waals surface area contributed by atoms with Gasteiger partial charge >= 0.3 is 11.6 Å². The Kier molecular flexibility index (Phi) is 7.65. The van der Waals surface area contributed by atoms with Crippen molar-refractivity contribution in [1.82, 2.24) is 0 Å². The molecule has 0 spiro atoms. The van der Waals surface area contributed by atoms with E-state index in [-0.39, 0.29) is 22.3 Å². The summed E-state index contributed by atoms with van der Waals surface area (Å²) in [7, 11) is 0. The van der Waals surface area contributed by atoms with Gasteiger partial charge in [0.25, 0.3) is 0 Å². The Morgan fingerprint density at radius 1 is 0.938 bits per heavy atom. The van der Waals surface area contributed by atoms with Crippen LogP contribution in [0.4, 0.5) is 0 Å². The zero-order chi connectivity index (χ0) is 23.1. The maximum Gasteiger partial charge on any atom is 0.348 e. The predicted octanol–water partition coefficient (Wildman–Crippen LogP) is 5.08. The molecule has 0 aliphatic carbocycles. The third kappa shape index (κ3) is 4.99. The van der Waals surface area contributed by atoms with Gasteiger partial charge in [-0.15, -0.1) is 0 Å². The molecular formula is C25H26O7. The van der Waals surface area contributed by atoms with Gasteiger partial charge in [-0.05, 0) is 12.8 Å². The molecule has 0 bridgehead atoms. The summed E-state index contributed by atoms with van der Waals surface area (Å²) in [5.74, 6) is -1.53. The van der Waals surface area contributed by atoms with Crippen molar-refractivity contribution >= 4 is 22.7 Å². The van der Waals surface area contributed by atoms with E-state index in [0.29, 0.717) is 19.0 Å². The van der Waals surface area contributed by atoms with Crippen LogP contribution < -0.4 is 15.1 Å². The fraction of sp³-hybridized carbons (Fsp3) is 0.320. The highest BCUT2D eigenvalue weighted by Gasteiger charge is 2.29. The number of fused-ring (bicyclic) bond motifs is 1. The number of benzene rings is 2. The Morgan fingerprint density at radius 2 is 1.59 bits per heavy atom. The maximum atomic E-state index is 13.1. The predicted molar refractivity (Wildman–Crippen MR) is 120 cm³/mol. The molecule has 3 rings (SSSR count). The van der Waals surface area contributed by atoms with Crippen LogP contribution in [0.5, 0.6) is 11.5 Å². The maximum absolute atomic E-state index is 13.1. The molecule has 1 N–H and O–H groups in total. The molecule has 0 atom stereocenters. The van der Waals surface area contributed by atoms with Crippen LogP contribution >= 0.6 is 0 Å². The molecule has 0 aliphatic heterocycles. The highest BCUT2D eigenvalue weighted by atomic mass is 16.5. The molecule has 1 aromatic heterocycles. The molecule has 0 saturated carbocycles. The number of carboxylic acids is 1. The minimum absolute atomic E-state index is 0.00231. The van der Waals surface area contributed by atoms with Crippen LogP contribution in [-0.4, -0.2) is 30.1 Å². The van der Waals surface area contributed by atoms with Crippen molar-refractivity contribution in [2.45, 2.75) is 39.5 Å². The number of carbonyl (C=O) groups is 2. The van der Waals surface area contributed by atoms with Crippen molar-refractivity contribution in [2.24, 2.45) is 0 Å². The third-order valence-electron chi connectivity index (χ3n) is 4.95. The van der Waals surface area contributed by atoms with Crippen molar-refractivity contribution in [1.29, 1.82) is 0 Å². The molecule has 1 heterocycles. The fourth-order valence-electron chi connectivity index (χ4n) is 3.28. The summed E-state index contributed by atoms with van der Waals surface area (Å²) in [5.41, 5.74) is -1.80. The average Bonchev–Trinajstić information content (AvgIpc) is 2.78. The average molecular weight is 438 g/mol. The van der Waals surface area contributed by atoms with Crippen LogP contribution in [0.15, 0.2) is 51.7 Å². The molecule has 0 amide bonds. The number of ketones is 1. The summed E-state index contributed by atoms with van der Waals surface area (Å²) in [5, 5.41) is 10.1. The Balaban J connectivity index is 2.24. The van der Waals surface area contributed by atoms with E-state index < -0.39 is 28.5 Å². The van der Waals surface area contributed by atoms with Crippen molar-refractivity contribution in [2.75, 3.05) is 13.2 Å². The second kappa shape index (κ2) is 10.6. The van der Waals surface area contributed by atoms with E-state index in [4.69, 9.17) is 13.9 Å². The lowest BCUT2D eigenvalue weighted by Crippen LogP contribution is -2.21. The van der Waals surface area contributed by atoms with Gasteiger partial charge < -0.3 is 19.0 Å². The number of carboxylic acid groups (broad SMARTS) is 1. The first-order valence-corrected chi connectivity index (χ1v) is 10.7. The van der Waals surface area contributed by atoms with Gasteiger partial charge in [0.15, 0.2) is 0 Å². The van der Waals surface area contributed by atoms with Gasteiger partial charge in [-0.25, -0.2) is 9.59 Å². The summed E-state index contributed by atoms with van der Waals surface area (Å²) in [6.45, 7) is 4.83. The summed E-state index contributed by atoms with van der Waals surface area (Å²) < 4.78 is 17.0. The van der Waals surface area contributed by atoms with Crippen molar-refractivity contribution in [3.05, 3.63) is 69.6 Å². The number of aromatic carboxylic acids is 1. The number of hydrogen-bond donors (Lipinski definition) is 1. The van der Waals surface area contributed by atoms with E-state index in [1.807, 2.05) is 13.8 Å². The van der Waals surface area contributed by atoms with E-state index in [1.54, 1.807) is 24.3 Å². The quantitative estimate of drug-likeness (QED) is 0.253. The van der Waals surface area contributed by atoms with E-state index in [9.17, 15) is 19.5 Å². The lowest BCUT2D eigenvalue weighted by molar-refractivity contribution is 0.0693. The minimum atomic E-state index is -1.41. The summed E-state index contributed by atoms with van der Waals surface area (Å²) >= 11 is 0. The van der Waals surface area contributed by atoms with Gasteiger partial charge in [0.2, 0.25) is 5.78 Å². The fourth-order valence-corrected chi connectivity index (χ4v) is 3.28. The molecule has 2 aromatic carbocycles. The molecule has 168 valence electrons. The van der Waals surface area contributed by atoms with E-state index in [2.05, 4.69) is 0 Å². The number of hydrogen-bond acceptors (Lipinski definition) is 6. The van der Waals surface area contributed by atoms with Gasteiger partial charge in [-0.1, -0.05) is 57.0 Å². The van der Waals surface area contributed by atoms with Gasteiger partial charge in [0, 0.05) is 17.7 Å². The lowest BCUT2D eigenvalue weighted by Gasteiger charge is -2.15. The molecule has 0 saturated heterocycles. The third-order valence-corrected chi connectivity index (χ3v) is 4.95. The monoisotopic (exact) mass is 438 g/mol. The molecular weight excluding hydrogens is 412 g/mol. The summed E-state index contributed by atoms with van der Waals surface area (Å²) in [6, 6.07) is 11.1. The minimum Gasteiger partial charge on any atom is -0.493 e. The van der Waals surface area contributed by atoms with Crippen molar-refractivity contribution < 1.29 is 28.6 Å². The molecule has 0 fully saturated rings. The van der Waals surface area contributed by atoms with E-state index >= 15 is 0 Å². The van der Waals surface area contributed by atoms with Crippen LogP contribution in [0.3, 0.4) is 0 Å². The molecule has 0 unspecified atom stereocenters. The van der Waals surface area contributed by atoms with Gasteiger partial charge in [0.05, 0.1) is 24.2 Å². The Hall–Kier alpha value is -3.61. The van der Waals surface area contributed by atoms with Crippen LogP contribution in [0.2, 0.25) is 0 Å². The Labute approximate surface area is 185 Å². The van der Waals surface area contributed by atoms with Crippen molar-refractivity contribution in [3.63, 3.8) is 0 Å². The van der Waals surface area contributed by atoms with Crippen molar-refractivity contribution in [3.8, 4) is 11.5 Å². The SMILES string of the molecule is CCCCOc1cc(OCCCC)c2c(C(=O)O)c(C(=O)c3ccccc3)c(=O)oc2c1. The van der Waals surface area contributed by atoms with Gasteiger partial charge in [-0.2, -0.15) is 0 Å². The first-order chi connectivity index (χ1) is 15.5. The molecule has 32 heavy (non-hydrogen) atoms. The number of rotatable bonds is 11. The molecule has 7 nitrogen and oxygen atoms in total. The standard InChI is InChI=1S/C25H26O7/c1-3-5-12-30-17-14-18(31-13-6-4-2)20-19(15-17)32-25(29)22(21(20)24(27)28)23(26)16-10-8-7-9-11-16/h7-11,14-15H,3-6,12-13H2,1-2H3,(H,27,28).